The number of hydrogen-bond donors (Lipinski definition) is 1. The van der Waals surface area contributed by atoms with E-state index in [0.717, 1.165) is 4.09 Å². The van der Waals surface area contributed by atoms with Crippen molar-refractivity contribution in [1.29, 1.82) is 0 Å². The van der Waals surface area contributed by atoms with Gasteiger partial charge in [-0.25, -0.2) is 0 Å². The van der Waals surface area contributed by atoms with E-state index in [9.17, 15) is 3.89 Å². The minimum atomic E-state index is 0.0152. The summed E-state index contributed by atoms with van der Waals surface area (Å²) >= 11 is 0.0152. The molecule has 0 radical (unpaired) electrons. The average Bonchev–Trinajstić information content (AvgIpc) is 2.40. The van der Waals surface area contributed by atoms with Crippen LogP contribution in [0.25, 0.3) is 0 Å². The van der Waals surface area contributed by atoms with E-state index in [4.69, 9.17) is 5.73 Å². The van der Waals surface area contributed by atoms with Crippen LogP contribution in [-0.2, 0) is 0 Å². The Bertz CT molecular complexity index is 177. The topological polar surface area (TPSA) is 43.8 Å². The molecule has 0 aliphatic rings. The predicted molar refractivity (Wildman–Crippen MR) is 42.1 cm³/mol. The molecule has 0 saturated heterocycles. The molecule has 0 aromatic carbocycles. The molecule has 3 nitrogen and oxygen atoms in total. The van der Waals surface area contributed by atoms with Crippen LogP contribution < -0.4 is 5.73 Å². The van der Waals surface area contributed by atoms with E-state index in [1.165, 1.54) is 12.4 Å². The third-order valence-corrected chi connectivity index (χ3v) is 0.992. The van der Waals surface area contributed by atoms with Gasteiger partial charge in [0.1, 0.15) is 0 Å². The van der Waals surface area contributed by atoms with E-state index in [1.54, 1.807) is 0 Å². The number of hydrogen-bond acceptors (Lipinski definition) is 3. The molecule has 0 unspecified atom stereocenters. The molecule has 5 heteroatoms. The van der Waals surface area contributed by atoms with Crippen LogP contribution in [-0.4, -0.2) is 9.19 Å². The molecule has 2 N–H and O–H groups in total. The number of aromatic nitrogens is 2. The molecule has 1 heterocycles. The molecule has 1 rings (SSSR count). The first-order valence-electron chi connectivity index (χ1n) is 2.92. The number of nitrogen functional groups attached to an aromatic ring is 1. The highest BCUT2D eigenvalue weighted by atomic mass is 32.2. The Morgan fingerprint density at radius 2 is 2.30 bits per heavy atom. The highest BCUT2D eigenvalue weighted by molar-refractivity contribution is 7.92. The standard InChI is InChI=1S/C3H4FN3S.C2H6/c4-8-7-2-3(5)1-6-7;1-2/h1-2H,5H2;1-2H3. The van der Waals surface area contributed by atoms with Gasteiger partial charge in [-0.1, -0.05) is 13.8 Å². The van der Waals surface area contributed by atoms with Crippen LogP contribution in [0.2, 0.25) is 0 Å². The quantitative estimate of drug-likeness (QED) is 0.687. The van der Waals surface area contributed by atoms with Crippen molar-refractivity contribution in [2.75, 3.05) is 5.73 Å². The first-order valence-corrected chi connectivity index (χ1v) is 3.59. The van der Waals surface area contributed by atoms with Gasteiger partial charge < -0.3 is 5.73 Å². The van der Waals surface area contributed by atoms with E-state index in [-0.39, 0.29) is 12.3 Å². The van der Waals surface area contributed by atoms with E-state index in [2.05, 4.69) is 5.10 Å². The number of nitrogens with two attached hydrogens (primary N) is 1. The summed E-state index contributed by atoms with van der Waals surface area (Å²) in [6.07, 6.45) is 2.78. The zero-order chi connectivity index (χ0) is 7.98. The lowest BCUT2D eigenvalue weighted by atomic mass is 10.6. The summed E-state index contributed by atoms with van der Waals surface area (Å²) < 4.78 is 12.5. The van der Waals surface area contributed by atoms with E-state index in [0.29, 0.717) is 5.69 Å². The fourth-order valence-electron chi connectivity index (χ4n) is 0.355. The molecule has 0 fully saturated rings. The van der Waals surface area contributed by atoms with Crippen molar-refractivity contribution in [3.05, 3.63) is 12.4 Å². The molecule has 1 aromatic heterocycles. The van der Waals surface area contributed by atoms with Crippen molar-refractivity contribution in [1.82, 2.24) is 9.19 Å². The van der Waals surface area contributed by atoms with Crippen molar-refractivity contribution < 1.29 is 3.89 Å². The molecular formula is C5H10FN3S. The molecule has 0 bridgehead atoms. The molecule has 1 aromatic rings. The van der Waals surface area contributed by atoms with Crippen LogP contribution in [0.1, 0.15) is 13.8 Å². The van der Waals surface area contributed by atoms with E-state index >= 15 is 0 Å². The van der Waals surface area contributed by atoms with Crippen LogP contribution in [0.5, 0.6) is 0 Å². The molecule has 0 spiro atoms. The average molecular weight is 163 g/mol. The smallest absolute Gasteiger partial charge is 0.187 e. The van der Waals surface area contributed by atoms with Gasteiger partial charge in [0.15, 0.2) is 12.3 Å². The van der Waals surface area contributed by atoms with Crippen molar-refractivity contribution >= 4 is 18.0 Å². The van der Waals surface area contributed by atoms with Gasteiger partial charge in [0.25, 0.3) is 0 Å². The second-order valence-corrected chi connectivity index (χ2v) is 1.76. The monoisotopic (exact) mass is 163 g/mol. The predicted octanol–water partition coefficient (Wildman–Crippen LogP) is 1.87. The summed E-state index contributed by atoms with van der Waals surface area (Å²) in [4.78, 5) is 0. The van der Waals surface area contributed by atoms with Gasteiger partial charge >= 0.3 is 0 Å². The van der Waals surface area contributed by atoms with E-state index < -0.39 is 0 Å². The maximum atomic E-state index is 11.5. The minimum absolute atomic E-state index is 0.0152. The highest BCUT2D eigenvalue weighted by Crippen LogP contribution is 2.07. The number of anilines is 1. The Hall–Kier alpha value is -0.710. The van der Waals surface area contributed by atoms with Crippen molar-refractivity contribution in [3.8, 4) is 0 Å². The van der Waals surface area contributed by atoms with Gasteiger partial charge in [-0.15, -0.1) is 3.89 Å². The second-order valence-electron chi connectivity index (χ2n) is 1.25. The summed E-state index contributed by atoms with van der Waals surface area (Å²) in [5.74, 6) is 0. The Morgan fingerprint density at radius 3 is 2.50 bits per heavy atom. The van der Waals surface area contributed by atoms with Crippen LogP contribution in [0.3, 0.4) is 0 Å². The first kappa shape index (κ1) is 9.29. The van der Waals surface area contributed by atoms with Gasteiger partial charge in [0, 0.05) is 0 Å². The van der Waals surface area contributed by atoms with Crippen LogP contribution in [0, 0.1) is 0 Å². The Balaban J connectivity index is 0.000000371. The van der Waals surface area contributed by atoms with Crippen LogP contribution in [0.15, 0.2) is 12.4 Å². The summed E-state index contributed by atoms with van der Waals surface area (Å²) in [6, 6.07) is 0. The van der Waals surface area contributed by atoms with Gasteiger partial charge in [-0.3, -0.25) is 0 Å². The van der Waals surface area contributed by atoms with Crippen LogP contribution in [0.4, 0.5) is 9.57 Å². The van der Waals surface area contributed by atoms with Gasteiger partial charge in [0.2, 0.25) is 0 Å². The van der Waals surface area contributed by atoms with Crippen molar-refractivity contribution in [3.63, 3.8) is 0 Å². The second kappa shape index (κ2) is 5.10. The minimum Gasteiger partial charge on any atom is -0.396 e. The molecule has 0 amide bonds. The van der Waals surface area contributed by atoms with Crippen molar-refractivity contribution in [2.45, 2.75) is 13.8 Å². The first-order chi connectivity index (χ1) is 4.83. The number of nitrogens with zero attached hydrogens (tertiary/aromatic N) is 2. The van der Waals surface area contributed by atoms with Crippen molar-refractivity contribution in [2.24, 2.45) is 0 Å². The Labute approximate surface area is 63.8 Å². The fraction of sp³-hybridized carbons (Fsp3) is 0.400. The van der Waals surface area contributed by atoms with Gasteiger partial charge in [0.05, 0.1) is 18.1 Å². The Kier molecular flexibility index (Phi) is 4.74. The molecule has 0 aliphatic heterocycles. The fourth-order valence-corrected chi connectivity index (χ4v) is 0.600. The van der Waals surface area contributed by atoms with E-state index in [1.807, 2.05) is 13.8 Å². The molecule has 58 valence electrons. The van der Waals surface area contributed by atoms with Gasteiger partial charge in [-0.05, 0) is 0 Å². The third kappa shape index (κ3) is 2.72. The normalized spacial score (nSPS) is 8.30. The lowest BCUT2D eigenvalue weighted by Gasteiger charge is -1.81. The largest absolute Gasteiger partial charge is 0.396 e. The summed E-state index contributed by atoms with van der Waals surface area (Å²) in [7, 11) is 0. The maximum Gasteiger partial charge on any atom is 0.187 e. The summed E-state index contributed by atoms with van der Waals surface area (Å²) in [6.45, 7) is 4.00. The zero-order valence-corrected chi connectivity index (χ0v) is 6.73. The molecule has 0 atom stereocenters. The molecule has 10 heavy (non-hydrogen) atoms. The number of rotatable bonds is 1. The van der Waals surface area contributed by atoms with Crippen LogP contribution >= 0.6 is 12.3 Å². The molecule has 0 aliphatic carbocycles. The highest BCUT2D eigenvalue weighted by Gasteiger charge is 1.90. The molecule has 0 saturated carbocycles. The summed E-state index contributed by atoms with van der Waals surface area (Å²) in [5, 5.41) is 3.51. The third-order valence-electron chi connectivity index (χ3n) is 0.651. The summed E-state index contributed by atoms with van der Waals surface area (Å²) in [5.41, 5.74) is 5.66. The molecular weight excluding hydrogens is 153 g/mol. The number of halogens is 1. The SMILES string of the molecule is CC.Nc1cnn(SF)c1. The maximum absolute atomic E-state index is 11.5. The Morgan fingerprint density at radius 1 is 1.70 bits per heavy atom. The lowest BCUT2D eigenvalue weighted by Crippen LogP contribution is -1.80. The lowest BCUT2D eigenvalue weighted by molar-refractivity contribution is 0.878. The zero-order valence-electron chi connectivity index (χ0n) is 5.91. The van der Waals surface area contributed by atoms with Gasteiger partial charge in [-0.2, -0.15) is 9.19 Å².